The van der Waals surface area contributed by atoms with Gasteiger partial charge in [0.25, 0.3) is 0 Å². The molecule has 0 bridgehead atoms. The molecule has 0 radical (unpaired) electrons. The van der Waals surface area contributed by atoms with Crippen molar-refractivity contribution in [3.8, 4) is 0 Å². The number of aromatic nitrogens is 4. The fraction of sp³-hybridized carbons (Fsp3) is 0.800. The average molecular weight is 270 g/mol. The average Bonchev–Trinajstić information content (AvgIpc) is 3.09. The Balaban J connectivity index is 2.10. The summed E-state index contributed by atoms with van der Waals surface area (Å²) < 4.78 is 1.59. The number of amides is 1. The Bertz CT molecular complexity index is 432. The number of rotatable bonds is 7. The predicted octanol–water partition coefficient (Wildman–Crippen LogP) is -0.454. The second-order valence-corrected chi connectivity index (χ2v) is 5.46. The van der Waals surface area contributed by atoms with Crippen LogP contribution < -0.4 is 11.1 Å². The van der Waals surface area contributed by atoms with Crippen LogP contribution in [0.4, 0.5) is 0 Å². The first-order chi connectivity index (χ1) is 8.60. The van der Waals surface area contributed by atoms with Gasteiger partial charge in [-0.05, 0) is 35.7 Å². The molecule has 0 saturated heterocycles. The van der Waals surface area contributed by atoms with Crippen LogP contribution in [-0.4, -0.2) is 44.0 Å². The molecule has 1 amide bonds. The number of thioether (sulfide) groups is 1. The highest BCUT2D eigenvalue weighted by Crippen LogP contribution is 2.42. The molecule has 0 spiro atoms. The summed E-state index contributed by atoms with van der Waals surface area (Å²) in [6, 6.07) is 0. The minimum absolute atomic E-state index is 0.283. The maximum Gasteiger partial charge on any atom is 0.238 e. The van der Waals surface area contributed by atoms with Crippen LogP contribution in [0.25, 0.3) is 0 Å². The van der Waals surface area contributed by atoms with E-state index in [4.69, 9.17) is 5.73 Å². The first-order valence-electron chi connectivity index (χ1n) is 6.00. The van der Waals surface area contributed by atoms with Crippen LogP contribution in [0.3, 0.4) is 0 Å². The van der Waals surface area contributed by atoms with E-state index in [-0.39, 0.29) is 5.91 Å². The fourth-order valence-corrected chi connectivity index (χ4v) is 3.24. The van der Waals surface area contributed by atoms with E-state index in [0.29, 0.717) is 16.8 Å². The summed E-state index contributed by atoms with van der Waals surface area (Å²) in [6.07, 6.45) is 2.10. The Morgan fingerprint density at radius 2 is 2.39 bits per heavy atom. The Hall–Kier alpha value is -1.15. The van der Waals surface area contributed by atoms with E-state index in [1.807, 2.05) is 6.92 Å². The summed E-state index contributed by atoms with van der Waals surface area (Å²) in [5.41, 5.74) is 4.97. The van der Waals surface area contributed by atoms with E-state index in [0.717, 1.165) is 19.4 Å². The number of carbonyl (C=O) groups is 1. The van der Waals surface area contributed by atoms with Gasteiger partial charge in [0, 0.05) is 12.8 Å². The molecule has 1 aromatic rings. The summed E-state index contributed by atoms with van der Waals surface area (Å²) in [7, 11) is 1.78. The molecule has 3 N–H and O–H groups in total. The summed E-state index contributed by atoms with van der Waals surface area (Å²) >= 11 is 1.46. The molecule has 8 heteroatoms. The molecule has 1 aliphatic rings. The largest absolute Gasteiger partial charge is 0.368 e. The second kappa shape index (κ2) is 5.23. The number of carbonyl (C=O) groups excluding carboxylic acids is 1. The van der Waals surface area contributed by atoms with Crippen molar-refractivity contribution in [2.75, 3.05) is 12.3 Å². The number of hydrogen-bond donors (Lipinski definition) is 2. The van der Waals surface area contributed by atoms with Gasteiger partial charge >= 0.3 is 0 Å². The highest BCUT2D eigenvalue weighted by molar-refractivity contribution is 7.99. The van der Waals surface area contributed by atoms with E-state index >= 15 is 0 Å². The molecule has 100 valence electrons. The van der Waals surface area contributed by atoms with E-state index in [9.17, 15) is 4.79 Å². The monoisotopic (exact) mass is 270 g/mol. The molecule has 1 saturated carbocycles. The molecule has 1 aliphatic carbocycles. The van der Waals surface area contributed by atoms with E-state index < -0.39 is 5.54 Å². The number of hydrogen-bond acceptors (Lipinski definition) is 6. The Kier molecular flexibility index (Phi) is 3.86. The maximum atomic E-state index is 11.8. The quantitative estimate of drug-likeness (QED) is 0.651. The lowest BCUT2D eigenvalue weighted by atomic mass is 9.94. The van der Waals surface area contributed by atoms with Crippen molar-refractivity contribution in [2.45, 2.75) is 30.5 Å². The minimum Gasteiger partial charge on any atom is -0.368 e. The molecular weight excluding hydrogens is 252 g/mol. The highest BCUT2D eigenvalue weighted by Gasteiger charge is 2.49. The normalized spacial score (nSPS) is 18.6. The van der Waals surface area contributed by atoms with E-state index in [2.05, 4.69) is 20.8 Å². The molecule has 0 aromatic carbocycles. The van der Waals surface area contributed by atoms with Crippen LogP contribution in [0, 0.1) is 5.92 Å². The molecular formula is C10H18N6OS. The van der Waals surface area contributed by atoms with Crippen molar-refractivity contribution in [1.82, 2.24) is 25.5 Å². The zero-order valence-electron chi connectivity index (χ0n) is 10.6. The molecule has 1 atom stereocenters. The summed E-state index contributed by atoms with van der Waals surface area (Å²) in [4.78, 5) is 11.8. The van der Waals surface area contributed by atoms with Gasteiger partial charge in [-0.15, -0.1) is 5.10 Å². The van der Waals surface area contributed by atoms with Crippen LogP contribution in [-0.2, 0) is 11.8 Å². The number of nitrogens with one attached hydrogen (secondary N) is 1. The molecule has 1 unspecified atom stereocenters. The Morgan fingerprint density at radius 1 is 1.67 bits per heavy atom. The minimum atomic E-state index is -0.634. The summed E-state index contributed by atoms with van der Waals surface area (Å²) in [5.74, 6) is 0.618. The van der Waals surface area contributed by atoms with Gasteiger partial charge in [-0.2, -0.15) is 0 Å². The molecule has 7 nitrogen and oxygen atoms in total. The standard InChI is InChI=1S/C10H18N6OS/c1-3-12-10(8(11)17,7-4-5-7)6-18-9-13-14-15-16(9)2/h7,12H,3-6H2,1-2H3,(H2,11,17). The lowest BCUT2D eigenvalue weighted by molar-refractivity contribution is -0.124. The lowest BCUT2D eigenvalue weighted by Gasteiger charge is -2.31. The molecule has 0 aliphatic heterocycles. The zero-order chi connectivity index (χ0) is 13.2. The molecule has 1 fully saturated rings. The summed E-state index contributed by atoms with van der Waals surface area (Å²) in [6.45, 7) is 2.70. The summed E-state index contributed by atoms with van der Waals surface area (Å²) in [5, 5.41) is 15.2. The van der Waals surface area contributed by atoms with Crippen LogP contribution in [0.1, 0.15) is 19.8 Å². The van der Waals surface area contributed by atoms with Crippen LogP contribution in [0.5, 0.6) is 0 Å². The zero-order valence-corrected chi connectivity index (χ0v) is 11.4. The first kappa shape index (κ1) is 13.3. The smallest absolute Gasteiger partial charge is 0.238 e. The first-order valence-corrected chi connectivity index (χ1v) is 6.99. The fourth-order valence-electron chi connectivity index (χ4n) is 2.09. The van der Waals surface area contributed by atoms with Crippen molar-refractivity contribution < 1.29 is 4.79 Å². The number of nitrogens with zero attached hydrogens (tertiary/aromatic N) is 4. The number of likely N-dealkylation sites (N-methyl/N-ethyl adjacent to an activating group) is 1. The van der Waals surface area contributed by atoms with Gasteiger partial charge in [0.1, 0.15) is 5.54 Å². The third kappa shape index (κ3) is 2.49. The Morgan fingerprint density at radius 3 is 2.83 bits per heavy atom. The van der Waals surface area contributed by atoms with Crippen LogP contribution >= 0.6 is 11.8 Å². The van der Waals surface area contributed by atoms with Gasteiger partial charge in [-0.25, -0.2) is 4.68 Å². The van der Waals surface area contributed by atoms with Crippen molar-refractivity contribution in [3.63, 3.8) is 0 Å². The van der Waals surface area contributed by atoms with Gasteiger partial charge in [-0.1, -0.05) is 18.7 Å². The van der Waals surface area contributed by atoms with Gasteiger partial charge < -0.3 is 11.1 Å². The van der Waals surface area contributed by atoms with E-state index in [1.165, 1.54) is 11.8 Å². The van der Waals surface area contributed by atoms with Gasteiger partial charge in [0.15, 0.2) is 0 Å². The highest BCUT2D eigenvalue weighted by atomic mass is 32.2. The van der Waals surface area contributed by atoms with Crippen molar-refractivity contribution in [2.24, 2.45) is 18.7 Å². The molecule has 1 aromatic heterocycles. The number of primary amides is 1. The number of nitrogens with two attached hydrogens (primary N) is 1. The van der Waals surface area contributed by atoms with Crippen molar-refractivity contribution >= 4 is 17.7 Å². The van der Waals surface area contributed by atoms with Crippen LogP contribution in [0.15, 0.2) is 5.16 Å². The van der Waals surface area contributed by atoms with Gasteiger partial charge in [0.2, 0.25) is 11.1 Å². The second-order valence-electron chi connectivity index (χ2n) is 4.51. The third-order valence-corrected chi connectivity index (χ3v) is 4.42. The van der Waals surface area contributed by atoms with Crippen molar-refractivity contribution in [3.05, 3.63) is 0 Å². The lowest BCUT2D eigenvalue weighted by Crippen LogP contribution is -2.59. The number of aryl methyl sites for hydroxylation is 1. The molecule has 18 heavy (non-hydrogen) atoms. The third-order valence-electron chi connectivity index (χ3n) is 3.22. The van der Waals surface area contributed by atoms with E-state index in [1.54, 1.807) is 11.7 Å². The van der Waals surface area contributed by atoms with Gasteiger partial charge in [0.05, 0.1) is 0 Å². The van der Waals surface area contributed by atoms with Gasteiger partial charge in [-0.3, -0.25) is 4.79 Å². The number of tetrazole rings is 1. The van der Waals surface area contributed by atoms with Crippen LogP contribution in [0.2, 0.25) is 0 Å². The SMILES string of the molecule is CCNC(CSc1nnnn1C)(C(N)=O)C1CC1. The predicted molar refractivity (Wildman–Crippen MR) is 67.8 cm³/mol. The topological polar surface area (TPSA) is 98.7 Å². The van der Waals surface area contributed by atoms with Crippen molar-refractivity contribution in [1.29, 1.82) is 0 Å². The maximum absolute atomic E-state index is 11.8. The molecule has 2 rings (SSSR count). The Labute approximate surface area is 110 Å². The molecule has 1 heterocycles.